The lowest BCUT2D eigenvalue weighted by atomic mass is 10.1. The molecule has 0 fully saturated rings. The fraction of sp³-hybridized carbons (Fsp3) is 0.143. The maximum atomic E-state index is 6.09. The number of nitrogens with one attached hydrogen (secondary N) is 2. The van der Waals surface area contributed by atoms with Crippen molar-refractivity contribution in [1.82, 2.24) is 9.97 Å². The molecule has 3 aromatic rings. The minimum atomic E-state index is 0.696. The number of nitrogen functional groups attached to an aromatic ring is 1. The monoisotopic (exact) mass is 345 g/mol. The number of anilines is 3. The Kier molecular flexibility index (Phi) is 5.17. The maximum Gasteiger partial charge on any atom is 0.140 e. The molecule has 5 nitrogen and oxygen atoms in total. The Hall–Kier alpha value is -3.34. The van der Waals surface area contributed by atoms with E-state index in [2.05, 4.69) is 15.3 Å². The molecule has 0 aliphatic rings. The van der Waals surface area contributed by atoms with Gasteiger partial charge in [-0.1, -0.05) is 24.3 Å². The number of hydrogen-bond donors (Lipinski definition) is 3. The van der Waals surface area contributed by atoms with Crippen molar-refractivity contribution < 1.29 is 0 Å². The smallest absolute Gasteiger partial charge is 0.140 e. The molecule has 132 valence electrons. The van der Waals surface area contributed by atoms with Gasteiger partial charge in [0.2, 0.25) is 0 Å². The average molecular weight is 345 g/mol. The Balaban J connectivity index is 2.16. The van der Waals surface area contributed by atoms with Gasteiger partial charge >= 0.3 is 0 Å². The van der Waals surface area contributed by atoms with Crippen LogP contribution in [0.1, 0.15) is 26.3 Å². The summed E-state index contributed by atoms with van der Waals surface area (Å²) in [7, 11) is 0. The Morgan fingerprint density at radius 3 is 2.73 bits per heavy atom. The van der Waals surface area contributed by atoms with Gasteiger partial charge in [-0.05, 0) is 45.0 Å². The summed E-state index contributed by atoms with van der Waals surface area (Å²) >= 11 is 0. The van der Waals surface area contributed by atoms with Crippen LogP contribution in [0.15, 0.2) is 71.6 Å². The van der Waals surface area contributed by atoms with E-state index in [1.807, 2.05) is 75.5 Å². The highest BCUT2D eigenvalue weighted by molar-refractivity contribution is 6.19. The first kappa shape index (κ1) is 17.5. The van der Waals surface area contributed by atoms with E-state index in [-0.39, 0.29) is 0 Å². The van der Waals surface area contributed by atoms with E-state index in [9.17, 15) is 0 Å². The quantitative estimate of drug-likeness (QED) is 0.440. The van der Waals surface area contributed by atoms with E-state index >= 15 is 0 Å². The van der Waals surface area contributed by atoms with E-state index in [1.54, 1.807) is 6.20 Å². The molecule has 0 atom stereocenters. The zero-order chi connectivity index (χ0) is 18.5. The Morgan fingerprint density at radius 2 is 2.00 bits per heavy atom. The summed E-state index contributed by atoms with van der Waals surface area (Å²) in [5, 5.41) is 4.41. The highest BCUT2D eigenvalue weighted by Gasteiger charge is 2.14. The molecule has 4 N–H and O–H groups in total. The van der Waals surface area contributed by atoms with Gasteiger partial charge in [0.15, 0.2) is 0 Å². The van der Waals surface area contributed by atoms with E-state index in [4.69, 9.17) is 10.7 Å². The van der Waals surface area contributed by atoms with Gasteiger partial charge in [-0.3, -0.25) is 4.99 Å². The minimum Gasteiger partial charge on any atom is -0.397 e. The lowest BCUT2D eigenvalue weighted by molar-refractivity contribution is 1.28. The molecule has 0 saturated carbocycles. The highest BCUT2D eigenvalue weighted by atomic mass is 14.9. The SMILES string of the molecule is C\C=C/C(=N\C(C)=C\C)c1c[nH]c2nccc(Nc3ccccc3N)c12. The molecule has 2 aromatic heterocycles. The highest BCUT2D eigenvalue weighted by Crippen LogP contribution is 2.31. The van der Waals surface area contributed by atoms with E-state index in [0.717, 1.165) is 39.4 Å². The fourth-order valence-electron chi connectivity index (χ4n) is 2.72. The molecule has 0 aliphatic carbocycles. The van der Waals surface area contributed by atoms with Gasteiger partial charge in [0.1, 0.15) is 5.65 Å². The molecule has 3 rings (SSSR count). The molecule has 0 saturated heterocycles. The normalized spacial score (nSPS) is 12.9. The third-order valence-corrected chi connectivity index (χ3v) is 4.12. The molecule has 0 spiro atoms. The van der Waals surface area contributed by atoms with E-state index < -0.39 is 0 Å². The van der Waals surface area contributed by atoms with Crippen molar-refractivity contribution in [3.8, 4) is 0 Å². The van der Waals surface area contributed by atoms with Gasteiger partial charge in [0.25, 0.3) is 0 Å². The second kappa shape index (κ2) is 7.70. The van der Waals surface area contributed by atoms with Gasteiger partial charge in [0.05, 0.1) is 28.2 Å². The molecule has 26 heavy (non-hydrogen) atoms. The molecular weight excluding hydrogens is 322 g/mol. The number of aromatic amines is 1. The summed E-state index contributed by atoms with van der Waals surface area (Å²) < 4.78 is 0. The number of aromatic nitrogens is 2. The number of allylic oxidation sites excluding steroid dienone is 4. The minimum absolute atomic E-state index is 0.696. The first-order valence-corrected chi connectivity index (χ1v) is 8.56. The first-order valence-electron chi connectivity index (χ1n) is 8.56. The largest absolute Gasteiger partial charge is 0.397 e. The number of nitrogens with zero attached hydrogens (tertiary/aromatic N) is 2. The van der Waals surface area contributed by atoms with Crippen LogP contribution in [-0.4, -0.2) is 15.7 Å². The summed E-state index contributed by atoms with van der Waals surface area (Å²) in [6.45, 7) is 5.95. The number of nitrogens with two attached hydrogens (primary N) is 1. The van der Waals surface area contributed by atoms with Crippen LogP contribution >= 0.6 is 0 Å². The van der Waals surface area contributed by atoms with Crippen LogP contribution in [0.5, 0.6) is 0 Å². The molecule has 1 aromatic carbocycles. The molecule has 5 heteroatoms. The molecule has 0 radical (unpaired) electrons. The van der Waals surface area contributed by atoms with Gasteiger partial charge in [0, 0.05) is 23.7 Å². The number of pyridine rings is 1. The Bertz CT molecular complexity index is 1010. The van der Waals surface area contributed by atoms with Crippen molar-refractivity contribution >= 4 is 33.8 Å². The number of H-pyrrole nitrogens is 1. The van der Waals surface area contributed by atoms with Gasteiger partial charge in [-0.15, -0.1) is 0 Å². The summed E-state index contributed by atoms with van der Waals surface area (Å²) in [6, 6.07) is 9.65. The Labute approximate surface area is 153 Å². The molecule has 0 bridgehead atoms. The standard InChI is InChI=1S/C21H23N5/c1-4-8-17(25-14(3)5-2)15-13-24-21-20(15)19(11-12-23-21)26-18-10-7-6-9-16(18)22/h4-13H,22H2,1-3H3,(H2,23,24,26)/b8-4-,14-5+,25-17+. The number of rotatable bonds is 5. The number of para-hydroxylation sites is 2. The third kappa shape index (κ3) is 3.52. The molecule has 0 aliphatic heterocycles. The lowest BCUT2D eigenvalue weighted by Crippen LogP contribution is -2.00. The maximum absolute atomic E-state index is 6.09. The number of benzene rings is 1. The number of hydrogen-bond acceptors (Lipinski definition) is 4. The zero-order valence-electron chi connectivity index (χ0n) is 15.2. The Morgan fingerprint density at radius 1 is 1.19 bits per heavy atom. The van der Waals surface area contributed by atoms with Gasteiger partial charge in [-0.25, -0.2) is 4.98 Å². The zero-order valence-corrected chi connectivity index (χ0v) is 15.2. The summed E-state index contributed by atoms with van der Waals surface area (Å²) in [5.74, 6) is 0. The van der Waals surface area contributed by atoms with Crippen LogP contribution in [0.25, 0.3) is 11.0 Å². The van der Waals surface area contributed by atoms with Crippen molar-refractivity contribution in [1.29, 1.82) is 0 Å². The van der Waals surface area contributed by atoms with Crippen LogP contribution in [0.4, 0.5) is 17.1 Å². The molecule has 2 heterocycles. The summed E-state index contributed by atoms with van der Waals surface area (Å²) in [5.41, 5.74) is 12.2. The van der Waals surface area contributed by atoms with Crippen molar-refractivity contribution in [2.24, 2.45) is 4.99 Å². The topological polar surface area (TPSA) is 79.1 Å². The predicted octanol–water partition coefficient (Wildman–Crippen LogP) is 5.18. The predicted molar refractivity (Wildman–Crippen MR) is 111 cm³/mol. The van der Waals surface area contributed by atoms with Crippen LogP contribution < -0.4 is 11.1 Å². The van der Waals surface area contributed by atoms with E-state index in [0.29, 0.717) is 5.69 Å². The molecule has 0 amide bonds. The number of aliphatic imine (C=N–C) groups is 1. The fourth-order valence-corrected chi connectivity index (χ4v) is 2.72. The second-order valence-corrected chi connectivity index (χ2v) is 5.92. The third-order valence-electron chi connectivity index (χ3n) is 4.12. The van der Waals surface area contributed by atoms with Crippen molar-refractivity contribution in [2.45, 2.75) is 20.8 Å². The first-order chi connectivity index (χ1) is 12.6. The van der Waals surface area contributed by atoms with Crippen LogP contribution in [0, 0.1) is 0 Å². The van der Waals surface area contributed by atoms with Crippen molar-refractivity contribution in [2.75, 3.05) is 11.1 Å². The van der Waals surface area contributed by atoms with Crippen LogP contribution in [0.3, 0.4) is 0 Å². The van der Waals surface area contributed by atoms with Gasteiger partial charge in [-0.2, -0.15) is 0 Å². The van der Waals surface area contributed by atoms with Gasteiger partial charge < -0.3 is 16.0 Å². The average Bonchev–Trinajstić information content (AvgIpc) is 3.08. The summed E-state index contributed by atoms with van der Waals surface area (Å²) in [6.07, 6.45) is 9.69. The van der Waals surface area contributed by atoms with Crippen LogP contribution in [0.2, 0.25) is 0 Å². The van der Waals surface area contributed by atoms with Crippen molar-refractivity contribution in [3.05, 3.63) is 72.2 Å². The summed E-state index contributed by atoms with van der Waals surface area (Å²) in [4.78, 5) is 12.4. The van der Waals surface area contributed by atoms with Crippen LogP contribution in [-0.2, 0) is 0 Å². The van der Waals surface area contributed by atoms with E-state index in [1.165, 1.54) is 0 Å². The lowest BCUT2D eigenvalue weighted by Gasteiger charge is -2.11. The molecule has 0 unspecified atom stereocenters. The number of fused-ring (bicyclic) bond motifs is 1. The van der Waals surface area contributed by atoms with Crippen molar-refractivity contribution in [3.63, 3.8) is 0 Å². The second-order valence-electron chi connectivity index (χ2n) is 5.92. The molecular formula is C21H23N5.